The fraction of sp³-hybridized carbons (Fsp3) is 0.812. The van der Waals surface area contributed by atoms with Crippen LogP contribution in [0.25, 0.3) is 0 Å². The number of hydrogen-bond acceptors (Lipinski definition) is 3. The zero-order chi connectivity index (χ0) is 15.1. The van der Waals surface area contributed by atoms with Crippen molar-refractivity contribution in [1.29, 1.82) is 0 Å². The summed E-state index contributed by atoms with van der Waals surface area (Å²) in [6.07, 6.45) is 11.5. The molecule has 1 fully saturated rings. The first-order chi connectivity index (χ1) is 10.3. The molecule has 0 amide bonds. The number of nitrogens with zero attached hydrogens (tertiary/aromatic N) is 2. The van der Waals surface area contributed by atoms with Gasteiger partial charge in [-0.15, -0.1) is 0 Å². The number of ether oxygens (including phenoxy) is 1. The summed E-state index contributed by atoms with van der Waals surface area (Å²) >= 11 is 3.65. The minimum Gasteiger partial charge on any atom is -0.383 e. The van der Waals surface area contributed by atoms with Crippen molar-refractivity contribution >= 4 is 15.9 Å². The Bertz CT molecular complexity index is 416. The van der Waals surface area contributed by atoms with E-state index in [1.807, 2.05) is 13.2 Å². The minimum atomic E-state index is 0.362. The Morgan fingerprint density at radius 1 is 1.43 bits per heavy atom. The molecule has 0 spiro atoms. The van der Waals surface area contributed by atoms with Crippen LogP contribution in [0.15, 0.2) is 10.7 Å². The second kappa shape index (κ2) is 8.91. The topological polar surface area (TPSA) is 39.1 Å². The van der Waals surface area contributed by atoms with E-state index in [2.05, 4.69) is 31.0 Å². The van der Waals surface area contributed by atoms with Gasteiger partial charge in [-0.3, -0.25) is 4.68 Å². The largest absolute Gasteiger partial charge is 0.383 e. The van der Waals surface area contributed by atoms with Crippen LogP contribution in [0, 0.1) is 5.92 Å². The van der Waals surface area contributed by atoms with Gasteiger partial charge < -0.3 is 10.1 Å². The Hall–Kier alpha value is -0.390. The summed E-state index contributed by atoms with van der Waals surface area (Å²) in [4.78, 5) is 0. The number of aromatic nitrogens is 2. The molecule has 0 bridgehead atoms. The summed E-state index contributed by atoms with van der Waals surface area (Å²) in [5, 5.41) is 7.94. The van der Waals surface area contributed by atoms with E-state index >= 15 is 0 Å². The molecule has 1 atom stereocenters. The Morgan fingerprint density at radius 2 is 2.19 bits per heavy atom. The minimum absolute atomic E-state index is 0.362. The number of nitrogens with one attached hydrogen (secondary N) is 1. The number of methoxy groups -OCH3 is 1. The molecule has 1 aliphatic carbocycles. The van der Waals surface area contributed by atoms with E-state index in [1.165, 1.54) is 50.6 Å². The number of hydrogen-bond donors (Lipinski definition) is 1. The van der Waals surface area contributed by atoms with Crippen LogP contribution < -0.4 is 5.32 Å². The highest BCUT2D eigenvalue weighted by Gasteiger charge is 2.21. The molecular formula is C16H28BrN3O. The maximum Gasteiger partial charge on any atom is 0.0696 e. The standard InChI is InChI=1S/C16H28BrN3O/c1-18-15(9-8-13-6-4-3-5-7-13)16-14(17)12-19-20(16)10-11-21-2/h12-13,15,18H,3-11H2,1-2H3. The highest BCUT2D eigenvalue weighted by Crippen LogP contribution is 2.32. The lowest BCUT2D eigenvalue weighted by molar-refractivity contribution is 0.181. The third kappa shape index (κ3) is 4.80. The monoisotopic (exact) mass is 357 g/mol. The summed E-state index contributed by atoms with van der Waals surface area (Å²) in [7, 11) is 3.78. The average molecular weight is 358 g/mol. The first kappa shape index (κ1) is 17.0. The molecular weight excluding hydrogens is 330 g/mol. The predicted molar refractivity (Wildman–Crippen MR) is 89.4 cm³/mol. The van der Waals surface area contributed by atoms with E-state index in [0.717, 1.165) is 16.9 Å². The SMILES string of the molecule is CNC(CCC1CCCCC1)c1c(Br)cnn1CCOC. The van der Waals surface area contributed by atoms with Gasteiger partial charge in [-0.2, -0.15) is 5.10 Å². The number of rotatable bonds is 8. The van der Waals surface area contributed by atoms with Crippen LogP contribution in [0.4, 0.5) is 0 Å². The van der Waals surface area contributed by atoms with Crippen LogP contribution in [-0.2, 0) is 11.3 Å². The first-order valence-corrected chi connectivity index (χ1v) is 8.93. The van der Waals surface area contributed by atoms with Crippen molar-refractivity contribution in [2.45, 2.75) is 57.5 Å². The fourth-order valence-corrected chi connectivity index (χ4v) is 3.94. The maximum atomic E-state index is 5.18. The lowest BCUT2D eigenvalue weighted by atomic mass is 9.85. The first-order valence-electron chi connectivity index (χ1n) is 8.13. The van der Waals surface area contributed by atoms with Crippen LogP contribution in [0.3, 0.4) is 0 Å². The molecule has 0 saturated heterocycles. The van der Waals surface area contributed by atoms with Crippen LogP contribution in [0.5, 0.6) is 0 Å². The van der Waals surface area contributed by atoms with Gasteiger partial charge in [0.1, 0.15) is 0 Å². The Morgan fingerprint density at radius 3 is 2.86 bits per heavy atom. The van der Waals surface area contributed by atoms with Gasteiger partial charge >= 0.3 is 0 Å². The molecule has 0 radical (unpaired) electrons. The van der Waals surface area contributed by atoms with Crippen molar-refractivity contribution in [3.05, 3.63) is 16.4 Å². The Balaban J connectivity index is 1.97. The molecule has 1 aromatic rings. The molecule has 2 rings (SSSR count). The van der Waals surface area contributed by atoms with Crippen molar-refractivity contribution < 1.29 is 4.74 Å². The predicted octanol–water partition coefficient (Wildman–Crippen LogP) is 3.91. The highest BCUT2D eigenvalue weighted by atomic mass is 79.9. The molecule has 1 saturated carbocycles. The van der Waals surface area contributed by atoms with Crippen molar-refractivity contribution in [2.75, 3.05) is 20.8 Å². The van der Waals surface area contributed by atoms with Gasteiger partial charge in [0, 0.05) is 7.11 Å². The molecule has 0 aromatic carbocycles. The van der Waals surface area contributed by atoms with Crippen molar-refractivity contribution in [3.8, 4) is 0 Å². The normalized spacial score (nSPS) is 18.0. The summed E-state index contributed by atoms with van der Waals surface area (Å²) < 4.78 is 8.35. The molecule has 1 N–H and O–H groups in total. The van der Waals surface area contributed by atoms with E-state index in [0.29, 0.717) is 12.6 Å². The maximum absolute atomic E-state index is 5.18. The van der Waals surface area contributed by atoms with Crippen molar-refractivity contribution in [3.63, 3.8) is 0 Å². The number of halogens is 1. The average Bonchev–Trinajstić information content (AvgIpc) is 2.88. The smallest absolute Gasteiger partial charge is 0.0696 e. The van der Waals surface area contributed by atoms with Crippen LogP contribution in [0.2, 0.25) is 0 Å². The Kier molecular flexibility index (Phi) is 7.20. The van der Waals surface area contributed by atoms with Crippen LogP contribution in [-0.4, -0.2) is 30.5 Å². The molecule has 0 aliphatic heterocycles. The van der Waals surface area contributed by atoms with E-state index in [1.54, 1.807) is 7.11 Å². The molecule has 5 heteroatoms. The van der Waals surface area contributed by atoms with Crippen LogP contribution >= 0.6 is 15.9 Å². The van der Waals surface area contributed by atoms with Gasteiger partial charge in [0.05, 0.1) is 35.6 Å². The van der Waals surface area contributed by atoms with Crippen LogP contribution in [0.1, 0.15) is 56.7 Å². The summed E-state index contributed by atoms with van der Waals surface area (Å²) in [5.41, 5.74) is 1.25. The second-order valence-corrected chi connectivity index (χ2v) is 6.87. The van der Waals surface area contributed by atoms with Gasteiger partial charge in [-0.1, -0.05) is 32.1 Å². The summed E-state index contributed by atoms with van der Waals surface area (Å²) in [6, 6.07) is 0.362. The third-order valence-electron chi connectivity index (χ3n) is 4.61. The molecule has 4 nitrogen and oxygen atoms in total. The molecule has 1 unspecified atom stereocenters. The van der Waals surface area contributed by atoms with Gasteiger partial charge in [0.15, 0.2) is 0 Å². The van der Waals surface area contributed by atoms with Crippen molar-refractivity contribution in [1.82, 2.24) is 15.1 Å². The van der Waals surface area contributed by atoms with Gasteiger partial charge in [0.2, 0.25) is 0 Å². The zero-order valence-corrected chi connectivity index (χ0v) is 14.9. The molecule has 1 aromatic heterocycles. The fourth-order valence-electron chi connectivity index (χ4n) is 3.37. The van der Waals surface area contributed by atoms with E-state index in [4.69, 9.17) is 4.74 Å². The molecule has 1 aliphatic rings. The summed E-state index contributed by atoms with van der Waals surface area (Å²) in [6.45, 7) is 1.50. The zero-order valence-electron chi connectivity index (χ0n) is 13.3. The van der Waals surface area contributed by atoms with E-state index in [-0.39, 0.29) is 0 Å². The van der Waals surface area contributed by atoms with Crippen molar-refractivity contribution in [2.24, 2.45) is 5.92 Å². The molecule has 1 heterocycles. The highest BCUT2D eigenvalue weighted by molar-refractivity contribution is 9.10. The summed E-state index contributed by atoms with van der Waals surface area (Å²) in [5.74, 6) is 0.920. The van der Waals surface area contributed by atoms with Gasteiger partial charge in [-0.25, -0.2) is 0 Å². The second-order valence-electron chi connectivity index (χ2n) is 6.02. The third-order valence-corrected chi connectivity index (χ3v) is 5.22. The molecule has 21 heavy (non-hydrogen) atoms. The quantitative estimate of drug-likeness (QED) is 0.766. The molecule has 120 valence electrons. The lowest BCUT2D eigenvalue weighted by Gasteiger charge is -2.25. The van der Waals surface area contributed by atoms with E-state index < -0.39 is 0 Å². The van der Waals surface area contributed by atoms with Gasteiger partial charge in [0.25, 0.3) is 0 Å². The lowest BCUT2D eigenvalue weighted by Crippen LogP contribution is -2.23. The van der Waals surface area contributed by atoms with Gasteiger partial charge in [-0.05, 0) is 41.7 Å². The Labute approximate surface area is 136 Å². The van der Waals surface area contributed by atoms with E-state index in [9.17, 15) is 0 Å².